The van der Waals surface area contributed by atoms with Crippen molar-refractivity contribution in [2.24, 2.45) is 5.92 Å². The van der Waals surface area contributed by atoms with E-state index in [1.807, 2.05) is 55.5 Å². The Morgan fingerprint density at radius 2 is 1.28 bits per heavy atom. The predicted molar refractivity (Wildman–Crippen MR) is 85.1 cm³/mol. The summed E-state index contributed by atoms with van der Waals surface area (Å²) < 4.78 is 0. The fourth-order valence-corrected chi connectivity index (χ4v) is 1.12. The van der Waals surface area contributed by atoms with Gasteiger partial charge in [0.05, 0.1) is 0 Å². The minimum Gasteiger partial charge on any atom is -0.349 e. The van der Waals surface area contributed by atoms with E-state index in [2.05, 4.69) is 11.8 Å². The highest BCUT2D eigenvalue weighted by molar-refractivity contribution is 5.78. The Balaban J connectivity index is -0.000000141. The van der Waals surface area contributed by atoms with Crippen LogP contribution in [0.4, 0.5) is 0 Å². The Kier molecular flexibility index (Phi) is 31.4. The van der Waals surface area contributed by atoms with Gasteiger partial charge in [0.25, 0.3) is 0 Å². The molecule has 0 N–H and O–H groups in total. The van der Waals surface area contributed by atoms with Crippen LogP contribution in [-0.4, -0.2) is 49.9 Å². The van der Waals surface area contributed by atoms with Gasteiger partial charge in [-0.3, -0.25) is 4.79 Å². The highest BCUT2D eigenvalue weighted by atomic mass is 16.2. The maximum Gasteiger partial charge on any atom is 0.226 e. The van der Waals surface area contributed by atoms with Crippen LogP contribution in [0.1, 0.15) is 55.4 Å². The minimum atomic E-state index is 0.102. The van der Waals surface area contributed by atoms with Gasteiger partial charge >= 0.3 is 0 Å². The van der Waals surface area contributed by atoms with Crippen LogP contribution in [0, 0.1) is 5.92 Å². The Morgan fingerprint density at radius 3 is 1.50 bits per heavy atom. The van der Waals surface area contributed by atoms with E-state index in [4.69, 9.17) is 0 Å². The molecule has 1 amide bonds. The molecule has 0 radical (unpaired) electrons. The first kappa shape index (κ1) is 26.1. The number of amides is 1. The summed E-state index contributed by atoms with van der Waals surface area (Å²) in [6.07, 6.45) is 0. The molecule has 3 nitrogen and oxygen atoms in total. The number of nitrogens with zero attached hydrogens (tertiary/aromatic N) is 2. The molecular formula is C15H38N2O. The highest BCUT2D eigenvalue weighted by Gasteiger charge is 2.15. The standard InChI is InChI=1S/C9H20N2O.3C2H6/c1-6-11(5)7-8(2)9(12)10(3)4;3*1-2/h8H,6-7H2,1-5H3;3*1-2H3. The van der Waals surface area contributed by atoms with E-state index in [0.29, 0.717) is 0 Å². The SMILES string of the molecule is CC.CC.CC.CCN(C)CC(C)C(=O)N(C)C. The van der Waals surface area contributed by atoms with Gasteiger partial charge in [-0.15, -0.1) is 0 Å². The van der Waals surface area contributed by atoms with Gasteiger partial charge in [0.2, 0.25) is 5.91 Å². The van der Waals surface area contributed by atoms with Crippen molar-refractivity contribution in [1.29, 1.82) is 0 Å². The van der Waals surface area contributed by atoms with Crippen LogP contribution in [0.15, 0.2) is 0 Å². The molecule has 18 heavy (non-hydrogen) atoms. The first-order chi connectivity index (χ1) is 8.49. The van der Waals surface area contributed by atoms with Gasteiger partial charge in [-0.05, 0) is 13.6 Å². The van der Waals surface area contributed by atoms with Gasteiger partial charge in [-0.2, -0.15) is 0 Å². The summed E-state index contributed by atoms with van der Waals surface area (Å²) in [5.74, 6) is 0.306. The molecule has 1 unspecified atom stereocenters. The normalized spacial score (nSPS) is 9.78. The Hall–Kier alpha value is -0.570. The second-order valence-corrected chi connectivity index (χ2v) is 3.49. The molecule has 1 atom stereocenters. The van der Waals surface area contributed by atoms with Gasteiger partial charge < -0.3 is 9.80 Å². The number of hydrogen-bond acceptors (Lipinski definition) is 2. The molecule has 0 bridgehead atoms. The van der Waals surface area contributed by atoms with Crippen molar-refractivity contribution in [3.63, 3.8) is 0 Å². The van der Waals surface area contributed by atoms with Crippen molar-refractivity contribution >= 4 is 5.91 Å². The molecule has 3 heteroatoms. The van der Waals surface area contributed by atoms with E-state index in [1.54, 1.807) is 19.0 Å². The summed E-state index contributed by atoms with van der Waals surface area (Å²) in [7, 11) is 5.62. The largest absolute Gasteiger partial charge is 0.349 e. The zero-order valence-electron chi connectivity index (χ0n) is 14.8. The fourth-order valence-electron chi connectivity index (χ4n) is 1.12. The van der Waals surface area contributed by atoms with Crippen LogP contribution >= 0.6 is 0 Å². The molecule has 0 saturated heterocycles. The lowest BCUT2D eigenvalue weighted by Gasteiger charge is -2.21. The van der Waals surface area contributed by atoms with E-state index >= 15 is 0 Å². The lowest BCUT2D eigenvalue weighted by Crippen LogP contribution is -2.35. The molecule has 0 rings (SSSR count). The molecule has 0 aromatic rings. The lowest BCUT2D eigenvalue weighted by atomic mass is 10.1. The topological polar surface area (TPSA) is 23.6 Å². The molecule has 0 spiro atoms. The number of rotatable bonds is 4. The van der Waals surface area contributed by atoms with Gasteiger partial charge in [0.1, 0.15) is 0 Å². The molecule has 0 aliphatic carbocycles. The lowest BCUT2D eigenvalue weighted by molar-refractivity contribution is -0.132. The first-order valence-corrected chi connectivity index (χ1v) is 7.38. The fraction of sp³-hybridized carbons (Fsp3) is 0.933. The maximum atomic E-state index is 11.4. The quantitative estimate of drug-likeness (QED) is 0.770. The summed E-state index contributed by atoms with van der Waals surface area (Å²) in [6.45, 7) is 17.9. The van der Waals surface area contributed by atoms with Crippen molar-refractivity contribution < 1.29 is 4.79 Å². The zero-order chi connectivity index (χ0) is 15.7. The Bertz CT molecular complexity index is 147. The van der Waals surface area contributed by atoms with E-state index in [9.17, 15) is 4.79 Å². The molecule has 0 heterocycles. The molecule has 0 fully saturated rings. The monoisotopic (exact) mass is 262 g/mol. The van der Waals surface area contributed by atoms with Crippen LogP contribution in [0.3, 0.4) is 0 Å². The summed E-state index contributed by atoms with van der Waals surface area (Å²) in [5.41, 5.74) is 0. The highest BCUT2D eigenvalue weighted by Crippen LogP contribution is 2.00. The average molecular weight is 262 g/mol. The molecule has 0 aliphatic rings. The third-order valence-electron chi connectivity index (χ3n) is 1.99. The van der Waals surface area contributed by atoms with Crippen molar-refractivity contribution in [1.82, 2.24) is 9.80 Å². The molecule has 0 aliphatic heterocycles. The maximum absolute atomic E-state index is 11.4. The average Bonchev–Trinajstić information content (AvgIpc) is 2.44. The Labute approximate surface area is 117 Å². The number of hydrogen-bond donors (Lipinski definition) is 0. The van der Waals surface area contributed by atoms with Crippen molar-refractivity contribution in [3.05, 3.63) is 0 Å². The second kappa shape index (κ2) is 21.7. The number of carbonyl (C=O) groups is 1. The number of carbonyl (C=O) groups excluding carboxylic acids is 1. The molecule has 114 valence electrons. The summed E-state index contributed by atoms with van der Waals surface area (Å²) >= 11 is 0. The minimum absolute atomic E-state index is 0.102. The zero-order valence-corrected chi connectivity index (χ0v) is 14.8. The molecule has 0 aromatic heterocycles. The van der Waals surface area contributed by atoms with Crippen molar-refractivity contribution in [2.45, 2.75) is 55.4 Å². The molecular weight excluding hydrogens is 224 g/mol. The van der Waals surface area contributed by atoms with E-state index < -0.39 is 0 Å². The molecule has 0 saturated carbocycles. The van der Waals surface area contributed by atoms with Crippen LogP contribution in [0.5, 0.6) is 0 Å². The van der Waals surface area contributed by atoms with Gasteiger partial charge in [0, 0.05) is 26.6 Å². The van der Waals surface area contributed by atoms with Gasteiger partial charge in [0.15, 0.2) is 0 Å². The Morgan fingerprint density at radius 1 is 0.944 bits per heavy atom. The third kappa shape index (κ3) is 17.8. The summed E-state index contributed by atoms with van der Waals surface area (Å²) in [5, 5.41) is 0. The van der Waals surface area contributed by atoms with Crippen molar-refractivity contribution in [2.75, 3.05) is 34.2 Å². The van der Waals surface area contributed by atoms with E-state index in [1.165, 1.54) is 0 Å². The smallest absolute Gasteiger partial charge is 0.226 e. The third-order valence-corrected chi connectivity index (χ3v) is 1.99. The van der Waals surface area contributed by atoms with Crippen LogP contribution in [0.25, 0.3) is 0 Å². The second-order valence-electron chi connectivity index (χ2n) is 3.49. The van der Waals surface area contributed by atoms with Crippen LogP contribution in [-0.2, 0) is 4.79 Å². The van der Waals surface area contributed by atoms with E-state index in [-0.39, 0.29) is 11.8 Å². The van der Waals surface area contributed by atoms with Crippen LogP contribution < -0.4 is 0 Å². The first-order valence-electron chi connectivity index (χ1n) is 7.38. The molecule has 0 aromatic carbocycles. The van der Waals surface area contributed by atoms with Crippen LogP contribution in [0.2, 0.25) is 0 Å². The van der Waals surface area contributed by atoms with Gasteiger partial charge in [-0.25, -0.2) is 0 Å². The van der Waals surface area contributed by atoms with Crippen molar-refractivity contribution in [3.8, 4) is 0 Å². The van der Waals surface area contributed by atoms with E-state index in [0.717, 1.165) is 13.1 Å². The predicted octanol–water partition coefficient (Wildman–Crippen LogP) is 3.74. The summed E-state index contributed by atoms with van der Waals surface area (Å²) in [4.78, 5) is 15.2. The summed E-state index contributed by atoms with van der Waals surface area (Å²) in [6, 6.07) is 0. The van der Waals surface area contributed by atoms with Gasteiger partial charge in [-0.1, -0.05) is 55.4 Å².